The molecule has 0 aromatic heterocycles. The lowest BCUT2D eigenvalue weighted by Gasteiger charge is -2.20. The first kappa shape index (κ1) is 33.2. The highest BCUT2D eigenvalue weighted by Crippen LogP contribution is 2.46. The highest BCUT2D eigenvalue weighted by Gasteiger charge is 2.41. The van der Waals surface area contributed by atoms with Crippen LogP contribution in [0.2, 0.25) is 0 Å². The minimum absolute atomic E-state index is 0.00131. The quantitative estimate of drug-likeness (QED) is 0.223. The van der Waals surface area contributed by atoms with E-state index in [0.717, 1.165) is 98.2 Å². The molecular formula is C38H45N5O5. The van der Waals surface area contributed by atoms with E-state index >= 15 is 0 Å². The number of ether oxygens (including phenoxy) is 1. The van der Waals surface area contributed by atoms with Gasteiger partial charge in [0.05, 0.1) is 47.9 Å². The average Bonchev–Trinajstić information content (AvgIpc) is 3.81. The number of hydrogen-bond donors (Lipinski definition) is 3. The smallest absolute Gasteiger partial charge is 0.407 e. The Kier molecular flexibility index (Phi) is 9.02. The van der Waals surface area contributed by atoms with Crippen molar-refractivity contribution in [3.8, 4) is 0 Å². The van der Waals surface area contributed by atoms with Crippen molar-refractivity contribution in [2.45, 2.75) is 80.1 Å². The second-order valence-electron chi connectivity index (χ2n) is 13.3. The molecule has 48 heavy (non-hydrogen) atoms. The van der Waals surface area contributed by atoms with Crippen LogP contribution in [-0.2, 0) is 9.53 Å². The summed E-state index contributed by atoms with van der Waals surface area (Å²) in [6.07, 6.45) is 8.71. The second-order valence-corrected chi connectivity index (χ2v) is 13.3. The van der Waals surface area contributed by atoms with Crippen molar-refractivity contribution in [3.05, 3.63) is 91.5 Å². The monoisotopic (exact) mass is 651 g/mol. The maximum atomic E-state index is 12.3. The van der Waals surface area contributed by atoms with Crippen molar-refractivity contribution < 1.29 is 24.5 Å². The number of fused-ring (bicyclic) bond motifs is 5. The number of carbonyl (C=O) groups excluding carboxylic acids is 1. The summed E-state index contributed by atoms with van der Waals surface area (Å²) in [4.78, 5) is 41.4. The molecule has 0 aromatic rings. The molecule has 10 nitrogen and oxygen atoms in total. The summed E-state index contributed by atoms with van der Waals surface area (Å²) in [7, 11) is 1.40. The van der Waals surface area contributed by atoms with E-state index in [2.05, 4.69) is 39.1 Å². The van der Waals surface area contributed by atoms with Gasteiger partial charge >= 0.3 is 12.1 Å². The van der Waals surface area contributed by atoms with Crippen LogP contribution in [0.15, 0.2) is 106 Å². The molecule has 252 valence electrons. The first-order valence-corrected chi connectivity index (χ1v) is 17.0. The van der Waals surface area contributed by atoms with E-state index in [0.29, 0.717) is 30.8 Å². The van der Waals surface area contributed by atoms with Gasteiger partial charge in [-0.05, 0) is 80.6 Å². The van der Waals surface area contributed by atoms with Gasteiger partial charge in [0.1, 0.15) is 5.76 Å². The SMILES string of the molecule is CCCCN(CC1=C(C)C2=NC1=CC1=NC(=CC3=C(C)C4=C(O)CC(=C5NC(=C2)[C@@H](C)C5CCC(=O)OC)C4=N3)C(CC)=C1C)C(=O)O. The van der Waals surface area contributed by atoms with Gasteiger partial charge in [0.25, 0.3) is 0 Å². The molecule has 6 rings (SSSR count). The van der Waals surface area contributed by atoms with Gasteiger partial charge in [-0.1, -0.05) is 27.2 Å². The van der Waals surface area contributed by atoms with Gasteiger partial charge in [-0.25, -0.2) is 19.8 Å². The second kappa shape index (κ2) is 13.1. The van der Waals surface area contributed by atoms with Crippen molar-refractivity contribution >= 4 is 29.2 Å². The zero-order valence-corrected chi connectivity index (χ0v) is 29.0. The number of esters is 1. The lowest BCUT2D eigenvalue weighted by atomic mass is 9.86. The van der Waals surface area contributed by atoms with E-state index in [9.17, 15) is 19.8 Å². The van der Waals surface area contributed by atoms with Gasteiger partial charge in [-0.3, -0.25) is 4.79 Å². The number of rotatable bonds is 9. The van der Waals surface area contributed by atoms with Crippen LogP contribution < -0.4 is 5.32 Å². The predicted molar refractivity (Wildman–Crippen MR) is 188 cm³/mol. The molecule has 5 heterocycles. The number of carbonyl (C=O) groups is 2. The normalized spacial score (nSPS) is 23.0. The maximum absolute atomic E-state index is 12.3. The summed E-state index contributed by atoms with van der Waals surface area (Å²) < 4.78 is 4.99. The maximum Gasteiger partial charge on any atom is 0.407 e. The Morgan fingerprint density at radius 3 is 2.35 bits per heavy atom. The fraction of sp³-hybridized carbons (Fsp3) is 0.447. The molecule has 1 aliphatic carbocycles. The molecule has 0 spiro atoms. The summed E-state index contributed by atoms with van der Waals surface area (Å²) in [5, 5.41) is 25.1. The number of unbranched alkanes of at least 4 members (excludes halogenated alkanes) is 1. The highest BCUT2D eigenvalue weighted by molar-refractivity contribution is 6.21. The number of aliphatic hydroxyl groups is 1. The van der Waals surface area contributed by atoms with Gasteiger partial charge in [-0.15, -0.1) is 0 Å². The van der Waals surface area contributed by atoms with E-state index in [1.165, 1.54) is 12.0 Å². The molecule has 1 saturated heterocycles. The van der Waals surface area contributed by atoms with Crippen molar-refractivity contribution in [3.63, 3.8) is 0 Å². The summed E-state index contributed by atoms with van der Waals surface area (Å²) in [5.74, 6) is -0.0193. The Bertz CT molecular complexity index is 1860. The number of carboxylic acid groups (broad SMARTS) is 1. The van der Waals surface area contributed by atoms with E-state index in [1.54, 1.807) is 0 Å². The van der Waals surface area contributed by atoms with Crippen molar-refractivity contribution in [2.24, 2.45) is 26.8 Å². The van der Waals surface area contributed by atoms with Crippen LogP contribution in [0.5, 0.6) is 0 Å². The van der Waals surface area contributed by atoms with Crippen LogP contribution in [0.3, 0.4) is 0 Å². The third-order valence-corrected chi connectivity index (χ3v) is 10.5. The Labute approximate surface area is 282 Å². The van der Waals surface area contributed by atoms with Gasteiger partial charge in [0.15, 0.2) is 0 Å². The molecule has 0 aromatic carbocycles. The van der Waals surface area contributed by atoms with Crippen LogP contribution in [0.1, 0.15) is 80.1 Å². The van der Waals surface area contributed by atoms with Crippen molar-refractivity contribution in [2.75, 3.05) is 20.2 Å². The minimum atomic E-state index is -0.954. The topological polar surface area (TPSA) is 136 Å². The summed E-state index contributed by atoms with van der Waals surface area (Å²) in [6.45, 7) is 13.0. The van der Waals surface area contributed by atoms with Crippen LogP contribution in [0.25, 0.3) is 0 Å². The molecule has 5 aliphatic heterocycles. The molecular weight excluding hydrogens is 606 g/mol. The molecule has 3 N–H and O–H groups in total. The molecule has 6 aliphatic rings. The average molecular weight is 652 g/mol. The standard InChI is InChI=1S/C38H45N5O5/c1-8-10-13-43(38(46)47)18-26-21(5)27-15-29-20(4)24(11-12-34(45)48-7)36(41-29)25-14-33(44)35-22(6)30(42-37(25)35)17-31-23(9-2)19(3)28(39-31)16-32(26)40-27/h15-17,20,24,41,44H,8-14,18H2,1-7H3,(H,46,47)/t20-,24?/m0/s1. The number of methoxy groups -OCH3 is 1. The number of aliphatic imine (C=N–C) groups is 3. The number of allylic oxidation sites excluding steroid dienone is 11. The number of nitrogens with zero attached hydrogens (tertiary/aromatic N) is 4. The Balaban J connectivity index is 1.56. The molecule has 1 amide bonds. The summed E-state index contributed by atoms with van der Waals surface area (Å²) in [5.41, 5.74) is 13.1. The first-order valence-electron chi connectivity index (χ1n) is 17.0. The fourth-order valence-corrected chi connectivity index (χ4v) is 7.52. The third kappa shape index (κ3) is 5.71. The van der Waals surface area contributed by atoms with Crippen molar-refractivity contribution in [1.82, 2.24) is 10.2 Å². The third-order valence-electron chi connectivity index (χ3n) is 10.5. The molecule has 8 bridgehead atoms. The Morgan fingerprint density at radius 2 is 1.69 bits per heavy atom. The van der Waals surface area contributed by atoms with E-state index in [4.69, 9.17) is 19.7 Å². The van der Waals surface area contributed by atoms with Gasteiger partial charge in [0.2, 0.25) is 0 Å². The Hall–Kier alpha value is -4.73. The molecule has 10 heteroatoms. The van der Waals surface area contributed by atoms with Gasteiger partial charge < -0.3 is 25.2 Å². The fourth-order valence-electron chi connectivity index (χ4n) is 7.52. The zero-order valence-electron chi connectivity index (χ0n) is 29.0. The van der Waals surface area contributed by atoms with E-state index in [1.807, 2.05) is 26.0 Å². The van der Waals surface area contributed by atoms with Crippen LogP contribution in [0.4, 0.5) is 4.79 Å². The summed E-state index contributed by atoms with van der Waals surface area (Å²) in [6, 6.07) is 0. The lowest BCUT2D eigenvalue weighted by molar-refractivity contribution is -0.140. The Morgan fingerprint density at radius 1 is 1.00 bits per heavy atom. The highest BCUT2D eigenvalue weighted by atomic mass is 16.5. The molecule has 0 radical (unpaired) electrons. The molecule has 2 atom stereocenters. The molecule has 1 fully saturated rings. The predicted octanol–water partition coefficient (Wildman–Crippen LogP) is 7.39. The van der Waals surface area contributed by atoms with Crippen LogP contribution in [0, 0.1) is 11.8 Å². The zero-order chi connectivity index (χ0) is 34.4. The van der Waals surface area contributed by atoms with Crippen LogP contribution in [-0.4, -0.2) is 64.5 Å². The van der Waals surface area contributed by atoms with Crippen LogP contribution >= 0.6 is 0 Å². The molecule has 0 saturated carbocycles. The number of amides is 1. The van der Waals surface area contributed by atoms with Crippen molar-refractivity contribution in [1.29, 1.82) is 0 Å². The minimum Gasteiger partial charge on any atom is -0.511 e. The lowest BCUT2D eigenvalue weighted by Crippen LogP contribution is -2.32. The molecule has 1 unspecified atom stereocenters. The van der Waals surface area contributed by atoms with E-state index < -0.39 is 6.09 Å². The number of hydrogen-bond acceptors (Lipinski definition) is 8. The van der Waals surface area contributed by atoms with E-state index in [-0.39, 0.29) is 30.8 Å². The summed E-state index contributed by atoms with van der Waals surface area (Å²) >= 11 is 0. The number of aliphatic hydroxyl groups excluding tert-OH is 1. The largest absolute Gasteiger partial charge is 0.511 e. The first-order chi connectivity index (χ1) is 23.0. The number of nitrogens with one attached hydrogen (secondary N) is 1. The van der Waals surface area contributed by atoms with Gasteiger partial charge in [0, 0.05) is 59.3 Å². The van der Waals surface area contributed by atoms with Gasteiger partial charge in [-0.2, -0.15) is 0 Å².